The minimum absolute atomic E-state index is 0.0984. The van der Waals surface area contributed by atoms with E-state index >= 15 is 0 Å². The number of nitrogens with zero attached hydrogens (tertiary/aromatic N) is 2. The molecule has 1 saturated heterocycles. The van der Waals surface area contributed by atoms with Crippen LogP contribution in [0.4, 0.5) is 14.5 Å². The fraction of sp³-hybridized carbons (Fsp3) is 0.360. The third kappa shape index (κ3) is 4.23. The Bertz CT molecular complexity index is 1060. The second-order valence-corrected chi connectivity index (χ2v) is 8.01. The molecule has 0 spiro atoms. The maximum Gasteiger partial charge on any atom is 0.272 e. The quantitative estimate of drug-likeness (QED) is 0.479. The molecule has 1 aliphatic heterocycles. The fourth-order valence-corrected chi connectivity index (χ4v) is 4.55. The smallest absolute Gasteiger partial charge is 0.272 e. The van der Waals surface area contributed by atoms with Crippen molar-refractivity contribution < 1.29 is 14.0 Å². The minimum Gasteiger partial charge on any atom is -0.316 e. The summed E-state index contributed by atoms with van der Waals surface area (Å²) in [7, 11) is 0. The molecular weight excluding hydrogens is 396 g/mol. The first-order chi connectivity index (χ1) is 15.0. The predicted molar refractivity (Wildman–Crippen MR) is 122 cm³/mol. The van der Waals surface area contributed by atoms with Gasteiger partial charge in [0.25, 0.3) is 5.92 Å². The zero-order chi connectivity index (χ0) is 22.0. The first kappa shape index (κ1) is 21.5. The number of nitrogens with one attached hydrogen (secondary N) is 1. The highest BCUT2D eigenvalue weighted by Gasteiger charge is 2.46. The third-order valence-electron chi connectivity index (χ3n) is 6.10. The van der Waals surface area contributed by atoms with Crippen LogP contribution in [0.2, 0.25) is 0 Å². The van der Waals surface area contributed by atoms with Gasteiger partial charge in [0.15, 0.2) is 0 Å². The highest BCUT2D eigenvalue weighted by Crippen LogP contribution is 2.38. The number of fused-ring (bicyclic) bond motifs is 1. The van der Waals surface area contributed by atoms with Crippen LogP contribution in [0.5, 0.6) is 0 Å². The maximum absolute atomic E-state index is 13.2. The van der Waals surface area contributed by atoms with Gasteiger partial charge in [-0.25, -0.2) is 8.78 Å². The van der Waals surface area contributed by atoms with Crippen LogP contribution < -0.4 is 5.48 Å². The normalized spacial score (nSPS) is 20.4. The summed E-state index contributed by atoms with van der Waals surface area (Å²) in [6.07, 6.45) is 7.03. The van der Waals surface area contributed by atoms with Crippen LogP contribution in [-0.4, -0.2) is 39.7 Å². The monoisotopic (exact) mass is 425 g/mol. The lowest BCUT2D eigenvalue weighted by molar-refractivity contribution is -0.146. The molecule has 1 aliphatic carbocycles. The van der Waals surface area contributed by atoms with Crippen molar-refractivity contribution in [2.24, 2.45) is 0 Å². The molecule has 1 fully saturated rings. The van der Waals surface area contributed by atoms with E-state index in [1.807, 2.05) is 55.1 Å². The van der Waals surface area contributed by atoms with E-state index in [1.54, 1.807) is 0 Å². The summed E-state index contributed by atoms with van der Waals surface area (Å²) >= 11 is 0. The second-order valence-electron chi connectivity index (χ2n) is 8.01. The molecule has 4 nitrogen and oxygen atoms in total. The Hall–Kier alpha value is -2.70. The van der Waals surface area contributed by atoms with Gasteiger partial charge in [-0.2, -0.15) is 0 Å². The summed E-state index contributed by atoms with van der Waals surface area (Å²) in [5.74, 6) is -2.50. The zero-order valence-corrected chi connectivity index (χ0v) is 18.0. The van der Waals surface area contributed by atoms with Crippen LogP contribution in [0, 0.1) is 0 Å². The van der Waals surface area contributed by atoms with Crippen LogP contribution in [0.1, 0.15) is 38.7 Å². The van der Waals surface area contributed by atoms with Gasteiger partial charge in [-0.15, -0.1) is 0 Å². The van der Waals surface area contributed by atoms with Crippen molar-refractivity contribution in [1.82, 2.24) is 9.47 Å². The van der Waals surface area contributed by atoms with E-state index in [9.17, 15) is 8.78 Å². The molecule has 2 N–H and O–H groups in total. The SMILES string of the molecule is CC.ONc1ccc(-n2cc(C3=CCC(N4CC(F)(F)C4)CC3)c3ccccc32)cc1. The van der Waals surface area contributed by atoms with Gasteiger partial charge in [-0.3, -0.25) is 15.6 Å². The summed E-state index contributed by atoms with van der Waals surface area (Å²) in [6.45, 7) is 3.80. The predicted octanol–water partition coefficient (Wildman–Crippen LogP) is 6.34. The number of likely N-dealkylation sites (tertiary alicyclic amines) is 1. The number of para-hydroxylation sites is 1. The summed E-state index contributed by atoms with van der Waals surface area (Å²) < 4.78 is 28.5. The van der Waals surface area contributed by atoms with Gasteiger partial charge in [0, 0.05) is 28.9 Å². The van der Waals surface area contributed by atoms with Gasteiger partial charge in [0.05, 0.1) is 24.3 Å². The van der Waals surface area contributed by atoms with Crippen molar-refractivity contribution in [3.05, 3.63) is 66.4 Å². The molecule has 1 atom stereocenters. The first-order valence-corrected chi connectivity index (χ1v) is 11.0. The van der Waals surface area contributed by atoms with Crippen LogP contribution in [0.15, 0.2) is 60.8 Å². The molecule has 0 saturated carbocycles. The molecular formula is C25H29F2N3O. The Kier molecular flexibility index (Phi) is 6.12. The summed E-state index contributed by atoms with van der Waals surface area (Å²) in [6, 6.07) is 16.1. The minimum atomic E-state index is -2.50. The van der Waals surface area contributed by atoms with E-state index in [4.69, 9.17) is 5.21 Å². The molecule has 2 heterocycles. The van der Waals surface area contributed by atoms with E-state index in [-0.39, 0.29) is 19.1 Å². The number of anilines is 1. The van der Waals surface area contributed by atoms with Crippen LogP contribution in [0.3, 0.4) is 0 Å². The van der Waals surface area contributed by atoms with Crippen molar-refractivity contribution >= 4 is 22.2 Å². The van der Waals surface area contributed by atoms with Crippen LogP contribution in [0.25, 0.3) is 22.2 Å². The highest BCUT2D eigenvalue weighted by molar-refractivity contribution is 5.94. The average molecular weight is 426 g/mol. The first-order valence-electron chi connectivity index (χ1n) is 11.0. The topological polar surface area (TPSA) is 40.4 Å². The standard InChI is InChI=1S/C23H23F2N3O.C2H6/c24-23(25)14-27(15-23)18-9-5-16(6-10-18)21-13-28(22-4-2-1-3-20(21)22)19-11-7-17(26-29)8-12-19;1-2/h1-5,7-8,11-13,18,26,29H,6,9-10,14-15H2;1-2H3. The lowest BCUT2D eigenvalue weighted by atomic mass is 9.88. The summed E-state index contributed by atoms with van der Waals surface area (Å²) in [5.41, 5.74) is 7.43. The second kappa shape index (κ2) is 8.81. The van der Waals surface area contributed by atoms with E-state index in [1.165, 1.54) is 16.5 Å². The van der Waals surface area contributed by atoms with Gasteiger partial charge in [-0.1, -0.05) is 38.1 Å². The number of rotatable bonds is 4. The highest BCUT2D eigenvalue weighted by atomic mass is 19.3. The molecule has 31 heavy (non-hydrogen) atoms. The van der Waals surface area contributed by atoms with Gasteiger partial charge in [-0.05, 0) is 55.2 Å². The lowest BCUT2D eigenvalue weighted by Gasteiger charge is -2.44. The van der Waals surface area contributed by atoms with Crippen molar-refractivity contribution in [3.8, 4) is 5.69 Å². The number of aromatic nitrogens is 1. The Balaban J connectivity index is 0.00000112. The number of allylic oxidation sites excluding steroid dienone is 1. The number of alkyl halides is 2. The number of hydrogen-bond acceptors (Lipinski definition) is 3. The van der Waals surface area contributed by atoms with Crippen molar-refractivity contribution in [2.75, 3.05) is 18.6 Å². The van der Waals surface area contributed by atoms with Crippen LogP contribution in [-0.2, 0) is 0 Å². The number of benzene rings is 2. The zero-order valence-electron chi connectivity index (χ0n) is 18.0. The molecule has 0 amide bonds. The van der Waals surface area contributed by atoms with Crippen molar-refractivity contribution in [2.45, 2.75) is 45.1 Å². The Morgan fingerprint density at radius 2 is 1.74 bits per heavy atom. The molecule has 5 rings (SSSR count). The van der Waals surface area contributed by atoms with Gasteiger partial charge in [0.1, 0.15) is 0 Å². The molecule has 0 radical (unpaired) electrons. The van der Waals surface area contributed by atoms with Gasteiger partial charge in [0.2, 0.25) is 0 Å². The third-order valence-corrected chi connectivity index (χ3v) is 6.10. The van der Waals surface area contributed by atoms with Crippen molar-refractivity contribution in [3.63, 3.8) is 0 Å². The van der Waals surface area contributed by atoms with Crippen LogP contribution >= 0.6 is 0 Å². The Morgan fingerprint density at radius 3 is 2.35 bits per heavy atom. The van der Waals surface area contributed by atoms with Crippen molar-refractivity contribution in [1.29, 1.82) is 0 Å². The largest absolute Gasteiger partial charge is 0.316 e. The molecule has 0 bridgehead atoms. The number of hydrogen-bond donors (Lipinski definition) is 2. The summed E-state index contributed by atoms with van der Waals surface area (Å²) in [4.78, 5) is 1.91. The Morgan fingerprint density at radius 1 is 1.03 bits per heavy atom. The summed E-state index contributed by atoms with van der Waals surface area (Å²) in [5, 5.41) is 10.2. The van der Waals surface area contributed by atoms with Gasteiger partial charge < -0.3 is 4.57 Å². The maximum atomic E-state index is 13.2. The van der Waals surface area contributed by atoms with E-state index < -0.39 is 5.92 Å². The molecule has 1 aromatic heterocycles. The molecule has 2 aliphatic rings. The Labute approximate surface area is 181 Å². The molecule has 1 unspecified atom stereocenters. The fourth-order valence-electron chi connectivity index (χ4n) is 4.55. The molecule has 3 aromatic rings. The average Bonchev–Trinajstić information content (AvgIpc) is 3.19. The molecule has 2 aromatic carbocycles. The number of halogens is 2. The molecule has 164 valence electrons. The molecule has 6 heteroatoms. The lowest BCUT2D eigenvalue weighted by Crippen LogP contribution is -2.60. The van der Waals surface area contributed by atoms with Gasteiger partial charge >= 0.3 is 0 Å². The van der Waals surface area contributed by atoms with E-state index in [0.29, 0.717) is 5.69 Å². The van der Waals surface area contributed by atoms with E-state index in [0.717, 1.165) is 30.5 Å². The van der Waals surface area contributed by atoms with E-state index in [2.05, 4.69) is 34.5 Å².